The lowest BCUT2D eigenvalue weighted by Crippen LogP contribution is -1.90. The average Bonchev–Trinajstić information content (AvgIpc) is 2.22. The van der Waals surface area contributed by atoms with Gasteiger partial charge in [0, 0.05) is 5.56 Å². The summed E-state index contributed by atoms with van der Waals surface area (Å²) in [6, 6.07) is 4.54. The van der Waals surface area contributed by atoms with Gasteiger partial charge in [0.2, 0.25) is 0 Å². The van der Waals surface area contributed by atoms with Crippen LogP contribution in [0.1, 0.15) is 5.56 Å². The Hall–Kier alpha value is -1.48. The first-order valence-electron chi connectivity index (χ1n) is 4.41. The Balaban J connectivity index is 2.58. The quantitative estimate of drug-likeness (QED) is 0.740. The second kappa shape index (κ2) is 3.95. The fraction of sp³-hybridized carbons (Fsp3) is 0.0909. The first-order valence-corrected chi connectivity index (χ1v) is 4.78. The molecule has 0 atom stereocenters. The van der Waals surface area contributed by atoms with Crippen LogP contribution in [-0.2, 0) is 0 Å². The minimum atomic E-state index is -0.294. The summed E-state index contributed by atoms with van der Waals surface area (Å²) in [7, 11) is 0. The standard InChI is InChI=1S/C11H8ClFN2/c1-7-2-3-8(13)4-9(7)10-5-14-6-11(12)15-10/h2-6H,1H3. The first-order chi connectivity index (χ1) is 7.16. The second-order valence-corrected chi connectivity index (χ2v) is 3.57. The van der Waals surface area contributed by atoms with E-state index in [9.17, 15) is 4.39 Å². The van der Waals surface area contributed by atoms with Gasteiger partial charge in [-0.05, 0) is 24.6 Å². The Morgan fingerprint density at radius 3 is 2.80 bits per heavy atom. The van der Waals surface area contributed by atoms with E-state index >= 15 is 0 Å². The number of rotatable bonds is 1. The van der Waals surface area contributed by atoms with Crippen molar-refractivity contribution in [3.05, 3.63) is 47.1 Å². The number of aryl methyl sites for hydroxylation is 1. The van der Waals surface area contributed by atoms with Crippen molar-refractivity contribution in [2.75, 3.05) is 0 Å². The van der Waals surface area contributed by atoms with E-state index in [-0.39, 0.29) is 5.82 Å². The largest absolute Gasteiger partial charge is 0.259 e. The van der Waals surface area contributed by atoms with Gasteiger partial charge in [-0.2, -0.15) is 0 Å². The summed E-state index contributed by atoms with van der Waals surface area (Å²) < 4.78 is 13.1. The molecule has 1 aromatic heterocycles. The molecule has 1 aromatic carbocycles. The highest BCUT2D eigenvalue weighted by Crippen LogP contribution is 2.22. The first kappa shape index (κ1) is 10.1. The zero-order valence-corrected chi connectivity index (χ0v) is 8.79. The van der Waals surface area contributed by atoms with Crippen molar-refractivity contribution in [1.82, 2.24) is 9.97 Å². The second-order valence-electron chi connectivity index (χ2n) is 3.19. The highest BCUT2D eigenvalue weighted by Gasteiger charge is 2.05. The zero-order chi connectivity index (χ0) is 10.8. The molecule has 0 aliphatic rings. The molecule has 0 saturated heterocycles. The van der Waals surface area contributed by atoms with E-state index in [0.717, 1.165) is 5.56 Å². The molecule has 0 aliphatic carbocycles. The fourth-order valence-electron chi connectivity index (χ4n) is 1.34. The van der Waals surface area contributed by atoms with Gasteiger partial charge in [-0.15, -0.1) is 0 Å². The summed E-state index contributed by atoms with van der Waals surface area (Å²) in [5.74, 6) is -0.294. The zero-order valence-electron chi connectivity index (χ0n) is 8.04. The van der Waals surface area contributed by atoms with Gasteiger partial charge in [0.15, 0.2) is 0 Å². The smallest absolute Gasteiger partial charge is 0.148 e. The molecule has 0 aliphatic heterocycles. The van der Waals surface area contributed by atoms with E-state index < -0.39 is 0 Å². The van der Waals surface area contributed by atoms with Crippen LogP contribution in [0.15, 0.2) is 30.6 Å². The predicted molar refractivity (Wildman–Crippen MR) is 57.2 cm³/mol. The van der Waals surface area contributed by atoms with Gasteiger partial charge in [-0.25, -0.2) is 9.37 Å². The minimum absolute atomic E-state index is 0.294. The van der Waals surface area contributed by atoms with Gasteiger partial charge < -0.3 is 0 Å². The highest BCUT2D eigenvalue weighted by molar-refractivity contribution is 6.29. The van der Waals surface area contributed by atoms with E-state index in [1.807, 2.05) is 6.92 Å². The molecule has 1 heterocycles. The molecule has 0 saturated carbocycles. The van der Waals surface area contributed by atoms with Gasteiger partial charge in [-0.3, -0.25) is 4.98 Å². The van der Waals surface area contributed by atoms with Crippen molar-refractivity contribution >= 4 is 11.6 Å². The van der Waals surface area contributed by atoms with Crippen LogP contribution in [0.5, 0.6) is 0 Å². The predicted octanol–water partition coefficient (Wildman–Crippen LogP) is 3.24. The van der Waals surface area contributed by atoms with Crippen LogP contribution in [0, 0.1) is 12.7 Å². The molecule has 0 unspecified atom stereocenters. The maximum absolute atomic E-state index is 13.1. The number of aromatic nitrogens is 2. The van der Waals surface area contributed by atoms with Crippen LogP contribution in [0.4, 0.5) is 4.39 Å². The van der Waals surface area contributed by atoms with Crippen LogP contribution in [0.25, 0.3) is 11.3 Å². The molecule has 0 bridgehead atoms. The molecular formula is C11H8ClFN2. The highest BCUT2D eigenvalue weighted by atomic mass is 35.5. The van der Waals surface area contributed by atoms with E-state index in [0.29, 0.717) is 16.4 Å². The number of benzene rings is 1. The van der Waals surface area contributed by atoms with Crippen molar-refractivity contribution < 1.29 is 4.39 Å². The number of nitrogens with zero attached hydrogens (tertiary/aromatic N) is 2. The summed E-state index contributed by atoms with van der Waals surface area (Å²) in [6.45, 7) is 1.89. The molecule has 0 amide bonds. The van der Waals surface area contributed by atoms with Crippen LogP contribution < -0.4 is 0 Å². The summed E-state index contributed by atoms with van der Waals surface area (Å²) in [5.41, 5.74) is 2.23. The van der Waals surface area contributed by atoms with Gasteiger partial charge in [0.05, 0.1) is 18.1 Å². The Morgan fingerprint density at radius 1 is 1.27 bits per heavy atom. The molecule has 76 valence electrons. The summed E-state index contributed by atoms with van der Waals surface area (Å²) in [6.07, 6.45) is 3.01. The lowest BCUT2D eigenvalue weighted by atomic mass is 10.1. The average molecular weight is 223 g/mol. The van der Waals surface area contributed by atoms with E-state index in [4.69, 9.17) is 11.6 Å². The summed E-state index contributed by atoms with van der Waals surface area (Å²) >= 11 is 5.72. The third-order valence-corrected chi connectivity index (χ3v) is 2.26. The summed E-state index contributed by atoms with van der Waals surface area (Å²) in [4.78, 5) is 8.00. The normalized spacial score (nSPS) is 10.3. The Morgan fingerprint density at radius 2 is 2.07 bits per heavy atom. The SMILES string of the molecule is Cc1ccc(F)cc1-c1cncc(Cl)n1. The molecular weight excluding hydrogens is 215 g/mol. The van der Waals surface area contributed by atoms with Gasteiger partial charge in [0.1, 0.15) is 11.0 Å². The van der Waals surface area contributed by atoms with Crippen molar-refractivity contribution in [1.29, 1.82) is 0 Å². The lowest BCUT2D eigenvalue weighted by molar-refractivity contribution is 0.628. The maximum Gasteiger partial charge on any atom is 0.148 e. The molecule has 2 rings (SSSR count). The van der Waals surface area contributed by atoms with Gasteiger partial charge >= 0.3 is 0 Å². The Labute approximate surface area is 91.8 Å². The number of hydrogen-bond acceptors (Lipinski definition) is 2. The van der Waals surface area contributed by atoms with Crippen LogP contribution in [0.2, 0.25) is 5.15 Å². The Kier molecular flexibility index (Phi) is 2.64. The van der Waals surface area contributed by atoms with Crippen molar-refractivity contribution in [3.8, 4) is 11.3 Å². The van der Waals surface area contributed by atoms with Crippen LogP contribution >= 0.6 is 11.6 Å². The third-order valence-electron chi connectivity index (χ3n) is 2.08. The Bertz CT molecular complexity index is 500. The topological polar surface area (TPSA) is 25.8 Å². The lowest BCUT2D eigenvalue weighted by Gasteiger charge is -2.04. The van der Waals surface area contributed by atoms with E-state index in [2.05, 4.69) is 9.97 Å². The minimum Gasteiger partial charge on any atom is -0.259 e. The third kappa shape index (κ3) is 2.13. The van der Waals surface area contributed by atoms with Crippen LogP contribution in [-0.4, -0.2) is 9.97 Å². The molecule has 0 N–H and O–H groups in total. The van der Waals surface area contributed by atoms with Gasteiger partial charge in [-0.1, -0.05) is 17.7 Å². The molecule has 15 heavy (non-hydrogen) atoms. The van der Waals surface area contributed by atoms with Crippen molar-refractivity contribution in [3.63, 3.8) is 0 Å². The summed E-state index contributed by atoms with van der Waals surface area (Å²) in [5, 5.41) is 0.302. The monoisotopic (exact) mass is 222 g/mol. The maximum atomic E-state index is 13.1. The molecule has 0 spiro atoms. The molecule has 0 fully saturated rings. The van der Waals surface area contributed by atoms with Crippen LogP contribution in [0.3, 0.4) is 0 Å². The van der Waals surface area contributed by atoms with Crippen molar-refractivity contribution in [2.45, 2.75) is 6.92 Å². The molecule has 2 nitrogen and oxygen atoms in total. The molecule has 4 heteroatoms. The van der Waals surface area contributed by atoms with E-state index in [1.54, 1.807) is 12.3 Å². The number of hydrogen-bond donors (Lipinski definition) is 0. The number of halogens is 2. The van der Waals surface area contributed by atoms with E-state index in [1.165, 1.54) is 18.3 Å². The fourth-order valence-corrected chi connectivity index (χ4v) is 1.49. The molecule has 2 aromatic rings. The van der Waals surface area contributed by atoms with Gasteiger partial charge in [0.25, 0.3) is 0 Å². The molecule has 0 radical (unpaired) electrons. The van der Waals surface area contributed by atoms with Crippen molar-refractivity contribution in [2.24, 2.45) is 0 Å².